The highest BCUT2D eigenvalue weighted by molar-refractivity contribution is 6.31. The zero-order valence-electron chi connectivity index (χ0n) is 11.0. The van der Waals surface area contributed by atoms with Crippen LogP contribution < -0.4 is 5.32 Å². The average molecular weight is 290 g/mol. The van der Waals surface area contributed by atoms with E-state index in [2.05, 4.69) is 16.4 Å². The van der Waals surface area contributed by atoms with Gasteiger partial charge in [-0.2, -0.15) is 5.26 Å². The Hall–Kier alpha value is -2.12. The number of nitriles is 1. The first-order valence-electron chi connectivity index (χ1n) is 6.26. The van der Waals surface area contributed by atoms with Crippen LogP contribution >= 0.6 is 11.6 Å². The van der Waals surface area contributed by atoms with Crippen LogP contribution in [-0.4, -0.2) is 11.5 Å². The number of hydrogen-bond acceptors (Lipinski definition) is 3. The summed E-state index contributed by atoms with van der Waals surface area (Å²) in [6, 6.07) is 9.94. The highest BCUT2D eigenvalue weighted by atomic mass is 35.5. The molecular weight excluding hydrogens is 277 g/mol. The quantitative estimate of drug-likeness (QED) is 0.916. The normalized spacial score (nSPS) is 10.1. The van der Waals surface area contributed by atoms with Gasteiger partial charge in [-0.3, -0.25) is 0 Å². The summed E-state index contributed by atoms with van der Waals surface area (Å²) in [5.41, 5.74) is 1.83. The summed E-state index contributed by atoms with van der Waals surface area (Å²) in [5.74, 6) is 0.0701. The van der Waals surface area contributed by atoms with Gasteiger partial charge in [-0.1, -0.05) is 18.5 Å². The highest BCUT2D eigenvalue weighted by Gasteiger charge is 2.08. The molecule has 0 aliphatic rings. The lowest BCUT2D eigenvalue weighted by molar-refractivity contribution is 0.628. The van der Waals surface area contributed by atoms with Crippen LogP contribution in [0.2, 0.25) is 5.02 Å². The molecule has 0 saturated carbocycles. The Morgan fingerprint density at radius 3 is 2.80 bits per heavy atom. The van der Waals surface area contributed by atoms with Crippen molar-refractivity contribution in [1.82, 2.24) is 4.98 Å². The van der Waals surface area contributed by atoms with Gasteiger partial charge in [-0.25, -0.2) is 9.37 Å². The fraction of sp³-hybridized carbons (Fsp3) is 0.200. The molecule has 0 fully saturated rings. The first kappa shape index (κ1) is 14.3. The van der Waals surface area contributed by atoms with Gasteiger partial charge in [0, 0.05) is 12.1 Å². The Labute approximate surface area is 122 Å². The third-order valence-corrected chi connectivity index (χ3v) is 3.06. The molecule has 3 nitrogen and oxygen atoms in total. The van der Waals surface area contributed by atoms with Gasteiger partial charge in [-0.15, -0.1) is 0 Å². The average Bonchev–Trinajstić information content (AvgIpc) is 2.47. The van der Waals surface area contributed by atoms with Gasteiger partial charge in [0.05, 0.1) is 16.3 Å². The Morgan fingerprint density at radius 2 is 2.15 bits per heavy atom. The number of nitrogens with one attached hydrogen (secondary N) is 1. The standard InChI is InChI=1S/C15H13ClFN3/c1-2-7-19-15-11(9-18)4-6-14(20-15)10-3-5-13(17)12(16)8-10/h3-6,8H,2,7H2,1H3,(H,19,20). The molecule has 1 heterocycles. The van der Waals surface area contributed by atoms with Crippen LogP contribution in [-0.2, 0) is 0 Å². The Balaban J connectivity index is 2.42. The van der Waals surface area contributed by atoms with E-state index in [0.717, 1.165) is 13.0 Å². The second-order valence-electron chi connectivity index (χ2n) is 4.26. The number of benzene rings is 1. The molecule has 0 aliphatic carbocycles. The number of anilines is 1. The lowest BCUT2D eigenvalue weighted by atomic mass is 10.1. The van der Waals surface area contributed by atoms with E-state index in [1.54, 1.807) is 18.2 Å². The molecule has 0 bridgehead atoms. The molecule has 0 amide bonds. The Kier molecular flexibility index (Phi) is 4.54. The van der Waals surface area contributed by atoms with Crippen molar-refractivity contribution in [3.8, 4) is 17.3 Å². The molecule has 1 N–H and O–H groups in total. The van der Waals surface area contributed by atoms with E-state index in [4.69, 9.17) is 16.9 Å². The number of nitrogens with zero attached hydrogens (tertiary/aromatic N) is 2. The van der Waals surface area contributed by atoms with Gasteiger partial charge >= 0.3 is 0 Å². The SMILES string of the molecule is CCCNc1nc(-c2ccc(F)c(Cl)c2)ccc1C#N. The van der Waals surface area contributed by atoms with Gasteiger partial charge in [0.1, 0.15) is 17.7 Å². The molecule has 5 heteroatoms. The number of rotatable bonds is 4. The van der Waals surface area contributed by atoms with Gasteiger partial charge < -0.3 is 5.32 Å². The van der Waals surface area contributed by atoms with Crippen LogP contribution in [0.4, 0.5) is 10.2 Å². The lowest BCUT2D eigenvalue weighted by Gasteiger charge is -2.09. The number of pyridine rings is 1. The van der Waals surface area contributed by atoms with Crippen molar-refractivity contribution in [2.75, 3.05) is 11.9 Å². The molecule has 0 saturated heterocycles. The summed E-state index contributed by atoms with van der Waals surface area (Å²) < 4.78 is 13.2. The summed E-state index contributed by atoms with van der Waals surface area (Å²) in [7, 11) is 0. The third-order valence-electron chi connectivity index (χ3n) is 2.77. The van der Waals surface area contributed by atoms with E-state index in [-0.39, 0.29) is 5.02 Å². The highest BCUT2D eigenvalue weighted by Crippen LogP contribution is 2.25. The van der Waals surface area contributed by atoms with Crippen molar-refractivity contribution in [3.63, 3.8) is 0 Å². The first-order valence-corrected chi connectivity index (χ1v) is 6.64. The molecular formula is C15H13ClFN3. The molecule has 0 aliphatic heterocycles. The first-order chi connectivity index (χ1) is 9.65. The van der Waals surface area contributed by atoms with Crippen LogP contribution in [0.25, 0.3) is 11.3 Å². The summed E-state index contributed by atoms with van der Waals surface area (Å²) in [6.07, 6.45) is 0.930. The van der Waals surface area contributed by atoms with E-state index in [1.807, 2.05) is 6.92 Å². The van der Waals surface area contributed by atoms with Crippen LogP contribution in [0.3, 0.4) is 0 Å². The Bertz CT molecular complexity index is 665. The molecule has 0 spiro atoms. The number of hydrogen-bond donors (Lipinski definition) is 1. The zero-order valence-corrected chi connectivity index (χ0v) is 11.7. The van der Waals surface area contributed by atoms with Crippen LogP contribution in [0.5, 0.6) is 0 Å². The topological polar surface area (TPSA) is 48.7 Å². The summed E-state index contributed by atoms with van der Waals surface area (Å²) in [5, 5.41) is 12.2. The van der Waals surface area contributed by atoms with Crippen molar-refractivity contribution in [1.29, 1.82) is 5.26 Å². The van der Waals surface area contributed by atoms with Crippen molar-refractivity contribution in [3.05, 3.63) is 46.7 Å². The van der Waals surface area contributed by atoms with E-state index < -0.39 is 5.82 Å². The fourth-order valence-electron chi connectivity index (χ4n) is 1.74. The number of halogens is 2. The third kappa shape index (κ3) is 3.06. The summed E-state index contributed by atoms with van der Waals surface area (Å²) in [4.78, 5) is 4.41. The minimum Gasteiger partial charge on any atom is -0.369 e. The van der Waals surface area contributed by atoms with Crippen molar-refractivity contribution >= 4 is 17.4 Å². The predicted molar refractivity (Wildman–Crippen MR) is 78.1 cm³/mol. The molecule has 2 aromatic rings. The minimum atomic E-state index is -0.464. The fourth-order valence-corrected chi connectivity index (χ4v) is 1.92. The Morgan fingerprint density at radius 1 is 1.35 bits per heavy atom. The zero-order chi connectivity index (χ0) is 14.5. The lowest BCUT2D eigenvalue weighted by Crippen LogP contribution is -2.04. The van der Waals surface area contributed by atoms with Crippen molar-refractivity contribution in [2.45, 2.75) is 13.3 Å². The van der Waals surface area contributed by atoms with E-state index >= 15 is 0 Å². The largest absolute Gasteiger partial charge is 0.369 e. The molecule has 2 rings (SSSR count). The molecule has 1 aromatic heterocycles. The van der Waals surface area contributed by atoms with Crippen LogP contribution in [0.1, 0.15) is 18.9 Å². The number of aromatic nitrogens is 1. The molecule has 0 radical (unpaired) electrons. The van der Waals surface area contributed by atoms with Gasteiger partial charge in [0.25, 0.3) is 0 Å². The molecule has 20 heavy (non-hydrogen) atoms. The van der Waals surface area contributed by atoms with Crippen LogP contribution in [0, 0.1) is 17.1 Å². The van der Waals surface area contributed by atoms with Crippen molar-refractivity contribution in [2.24, 2.45) is 0 Å². The second-order valence-corrected chi connectivity index (χ2v) is 4.67. The van der Waals surface area contributed by atoms with Crippen LogP contribution in [0.15, 0.2) is 30.3 Å². The monoisotopic (exact) mass is 289 g/mol. The second kappa shape index (κ2) is 6.36. The van der Waals surface area contributed by atoms with E-state index in [9.17, 15) is 4.39 Å². The molecule has 0 unspecified atom stereocenters. The summed E-state index contributed by atoms with van der Waals surface area (Å²) in [6.45, 7) is 2.76. The van der Waals surface area contributed by atoms with Gasteiger partial charge in [0.15, 0.2) is 0 Å². The maximum Gasteiger partial charge on any atom is 0.144 e. The minimum absolute atomic E-state index is 0.0525. The summed E-state index contributed by atoms with van der Waals surface area (Å²) >= 11 is 5.77. The molecule has 102 valence electrons. The molecule has 1 aromatic carbocycles. The molecule has 0 atom stereocenters. The maximum absolute atomic E-state index is 13.2. The van der Waals surface area contributed by atoms with E-state index in [1.165, 1.54) is 12.1 Å². The smallest absolute Gasteiger partial charge is 0.144 e. The maximum atomic E-state index is 13.2. The van der Waals surface area contributed by atoms with Gasteiger partial charge in [-0.05, 0) is 36.8 Å². The van der Waals surface area contributed by atoms with Crippen molar-refractivity contribution < 1.29 is 4.39 Å². The van der Waals surface area contributed by atoms with Gasteiger partial charge in [0.2, 0.25) is 0 Å². The van der Waals surface area contributed by atoms with E-state index in [0.29, 0.717) is 22.6 Å². The predicted octanol–water partition coefficient (Wildman–Crippen LogP) is 4.23.